The number of nitrogens with zero attached hydrogens (tertiary/aromatic N) is 2. The van der Waals surface area contributed by atoms with Crippen LogP contribution in [0, 0.1) is 5.82 Å². The summed E-state index contributed by atoms with van der Waals surface area (Å²) in [5, 5.41) is 0. The molecule has 1 aromatic carbocycles. The lowest BCUT2D eigenvalue weighted by atomic mass is 10.1. The first-order chi connectivity index (χ1) is 11.3. The van der Waals surface area contributed by atoms with Gasteiger partial charge in [0, 0.05) is 6.07 Å². The molecule has 0 aliphatic carbocycles. The van der Waals surface area contributed by atoms with Gasteiger partial charge in [-0.1, -0.05) is 18.2 Å². The van der Waals surface area contributed by atoms with Crippen LogP contribution < -0.4 is 4.74 Å². The van der Waals surface area contributed by atoms with E-state index in [4.69, 9.17) is 4.74 Å². The van der Waals surface area contributed by atoms with Gasteiger partial charge in [0.15, 0.2) is 0 Å². The molecular weight excluding hydrogens is 328 g/mol. The van der Waals surface area contributed by atoms with Gasteiger partial charge in [-0.05, 0) is 18.2 Å². The number of carbonyl (C=O) groups excluding carboxylic acids is 1. The van der Waals surface area contributed by atoms with Crippen LogP contribution in [0.25, 0.3) is 0 Å². The molecule has 1 aliphatic rings. The van der Waals surface area contributed by atoms with Crippen molar-refractivity contribution in [2.24, 2.45) is 0 Å². The van der Waals surface area contributed by atoms with Crippen molar-refractivity contribution in [1.29, 1.82) is 0 Å². The van der Waals surface area contributed by atoms with Gasteiger partial charge >= 0.3 is 6.18 Å². The second-order valence-corrected chi connectivity index (χ2v) is 5.29. The van der Waals surface area contributed by atoms with E-state index in [0.29, 0.717) is 0 Å². The zero-order valence-electron chi connectivity index (χ0n) is 12.3. The molecule has 0 atom stereocenters. The lowest BCUT2D eigenvalue weighted by Crippen LogP contribution is -2.56. The molecule has 1 saturated heterocycles. The molecule has 0 N–H and O–H groups in total. The van der Waals surface area contributed by atoms with Crippen molar-refractivity contribution in [2.75, 3.05) is 13.1 Å². The summed E-state index contributed by atoms with van der Waals surface area (Å²) < 4.78 is 56.7. The largest absolute Gasteiger partial charge is 0.471 e. The number of carbonyl (C=O) groups is 1. The van der Waals surface area contributed by atoms with Gasteiger partial charge in [-0.15, -0.1) is 0 Å². The molecule has 1 amide bonds. The van der Waals surface area contributed by atoms with E-state index < -0.39 is 29.7 Å². The Balaban J connectivity index is 1.60. The molecule has 0 bridgehead atoms. The third-order valence-corrected chi connectivity index (χ3v) is 3.54. The van der Waals surface area contributed by atoms with E-state index >= 15 is 0 Å². The third kappa shape index (κ3) is 3.32. The molecule has 0 unspecified atom stereocenters. The first-order valence-corrected chi connectivity index (χ1v) is 7.09. The normalized spacial score (nSPS) is 15.1. The average Bonchev–Trinajstić information content (AvgIpc) is 2.50. The highest BCUT2D eigenvalue weighted by Gasteiger charge is 2.35. The summed E-state index contributed by atoms with van der Waals surface area (Å²) >= 11 is 0. The van der Waals surface area contributed by atoms with Crippen molar-refractivity contribution >= 4 is 5.91 Å². The highest BCUT2D eigenvalue weighted by Crippen LogP contribution is 2.29. The second-order valence-electron chi connectivity index (χ2n) is 5.29. The number of pyridine rings is 1. The first-order valence-electron chi connectivity index (χ1n) is 7.09. The number of rotatable bonds is 3. The maximum absolute atomic E-state index is 13.6. The number of ether oxygens (including phenoxy) is 1. The van der Waals surface area contributed by atoms with Gasteiger partial charge in [0.1, 0.15) is 17.6 Å². The van der Waals surface area contributed by atoms with Crippen LogP contribution in [-0.2, 0) is 6.18 Å². The molecule has 24 heavy (non-hydrogen) atoms. The molecule has 0 radical (unpaired) electrons. The Morgan fingerprint density at radius 1 is 1.12 bits per heavy atom. The van der Waals surface area contributed by atoms with Gasteiger partial charge in [-0.3, -0.25) is 4.79 Å². The van der Waals surface area contributed by atoms with Crippen LogP contribution >= 0.6 is 0 Å². The molecule has 1 aliphatic heterocycles. The summed E-state index contributed by atoms with van der Waals surface area (Å²) in [7, 11) is 0. The minimum Gasteiger partial charge on any atom is -0.471 e. The van der Waals surface area contributed by atoms with E-state index in [0.717, 1.165) is 6.07 Å². The standard InChI is InChI=1S/C16H12F4N2O2/c17-12-5-2-1-4-11(12)15(23)22-8-10(9-22)24-14-7-3-6-13(21-14)16(18,19)20/h1-7,10H,8-9H2. The van der Waals surface area contributed by atoms with Crippen LogP contribution in [0.4, 0.5) is 17.6 Å². The molecule has 2 aromatic rings. The number of aromatic nitrogens is 1. The Hall–Kier alpha value is -2.64. The number of hydrogen-bond donors (Lipinski definition) is 0. The number of hydrogen-bond acceptors (Lipinski definition) is 3. The lowest BCUT2D eigenvalue weighted by molar-refractivity contribution is -0.141. The molecular formula is C16H12F4N2O2. The zero-order chi connectivity index (χ0) is 17.3. The van der Waals surface area contributed by atoms with E-state index in [2.05, 4.69) is 4.98 Å². The average molecular weight is 340 g/mol. The van der Waals surface area contributed by atoms with Crippen molar-refractivity contribution in [2.45, 2.75) is 12.3 Å². The van der Waals surface area contributed by atoms with Gasteiger partial charge < -0.3 is 9.64 Å². The predicted octanol–water partition coefficient (Wildman–Crippen LogP) is 3.14. The summed E-state index contributed by atoms with van der Waals surface area (Å²) in [4.78, 5) is 16.9. The Morgan fingerprint density at radius 3 is 2.50 bits per heavy atom. The fraction of sp³-hybridized carbons (Fsp3) is 0.250. The van der Waals surface area contributed by atoms with E-state index in [1.165, 1.54) is 35.2 Å². The highest BCUT2D eigenvalue weighted by atomic mass is 19.4. The van der Waals surface area contributed by atoms with Gasteiger partial charge in [-0.25, -0.2) is 9.37 Å². The lowest BCUT2D eigenvalue weighted by Gasteiger charge is -2.38. The van der Waals surface area contributed by atoms with Gasteiger partial charge in [0.05, 0.1) is 18.7 Å². The maximum Gasteiger partial charge on any atom is 0.433 e. The number of benzene rings is 1. The van der Waals surface area contributed by atoms with Crippen LogP contribution in [0.5, 0.6) is 5.88 Å². The summed E-state index contributed by atoms with van der Waals surface area (Å²) in [6, 6.07) is 8.96. The minimum absolute atomic E-state index is 0.0480. The SMILES string of the molecule is O=C(c1ccccc1F)N1CC(Oc2cccc(C(F)(F)F)n2)C1. The van der Waals surface area contributed by atoms with Crippen molar-refractivity contribution in [1.82, 2.24) is 9.88 Å². The van der Waals surface area contributed by atoms with Crippen LogP contribution in [0.2, 0.25) is 0 Å². The van der Waals surface area contributed by atoms with Crippen LogP contribution in [0.3, 0.4) is 0 Å². The number of alkyl halides is 3. The molecule has 0 spiro atoms. The minimum atomic E-state index is -4.55. The van der Waals surface area contributed by atoms with Crippen LogP contribution in [0.15, 0.2) is 42.5 Å². The van der Waals surface area contributed by atoms with Crippen LogP contribution in [0.1, 0.15) is 16.1 Å². The van der Waals surface area contributed by atoms with Crippen molar-refractivity contribution < 1.29 is 27.1 Å². The Morgan fingerprint density at radius 2 is 1.83 bits per heavy atom. The van der Waals surface area contributed by atoms with Gasteiger partial charge in [-0.2, -0.15) is 13.2 Å². The Labute approximate surface area is 134 Å². The van der Waals surface area contributed by atoms with E-state index in [9.17, 15) is 22.4 Å². The van der Waals surface area contributed by atoms with E-state index in [-0.39, 0.29) is 24.5 Å². The summed E-state index contributed by atoms with van der Waals surface area (Å²) in [5.74, 6) is -1.26. The fourth-order valence-electron chi connectivity index (χ4n) is 2.29. The summed E-state index contributed by atoms with van der Waals surface area (Å²) in [6.07, 6.45) is -5.03. The molecule has 1 fully saturated rings. The van der Waals surface area contributed by atoms with E-state index in [1.807, 2.05) is 0 Å². The predicted molar refractivity (Wildman–Crippen MR) is 76.0 cm³/mol. The molecule has 8 heteroatoms. The monoisotopic (exact) mass is 340 g/mol. The Bertz CT molecular complexity index is 758. The Kier molecular flexibility index (Phi) is 4.13. The highest BCUT2D eigenvalue weighted by molar-refractivity contribution is 5.95. The third-order valence-electron chi connectivity index (χ3n) is 3.54. The second kappa shape index (κ2) is 6.10. The summed E-state index contributed by atoms with van der Waals surface area (Å²) in [5.41, 5.74) is -1.09. The topological polar surface area (TPSA) is 42.4 Å². The van der Waals surface area contributed by atoms with Crippen molar-refractivity contribution in [3.63, 3.8) is 0 Å². The number of halogens is 4. The summed E-state index contributed by atoms with van der Waals surface area (Å²) in [6.45, 7) is 0.316. The molecule has 1 aromatic heterocycles. The molecule has 2 heterocycles. The van der Waals surface area contributed by atoms with Crippen molar-refractivity contribution in [3.8, 4) is 5.88 Å². The smallest absolute Gasteiger partial charge is 0.433 e. The molecule has 126 valence electrons. The molecule has 3 rings (SSSR count). The van der Waals surface area contributed by atoms with Crippen molar-refractivity contribution in [3.05, 3.63) is 59.5 Å². The fourth-order valence-corrected chi connectivity index (χ4v) is 2.29. The number of amides is 1. The number of likely N-dealkylation sites (tertiary alicyclic amines) is 1. The van der Waals surface area contributed by atoms with E-state index in [1.54, 1.807) is 6.07 Å². The maximum atomic E-state index is 13.6. The first kappa shape index (κ1) is 16.2. The molecule has 4 nitrogen and oxygen atoms in total. The quantitative estimate of drug-likeness (QED) is 0.806. The molecule has 0 saturated carbocycles. The van der Waals surface area contributed by atoms with Gasteiger partial charge in [0.2, 0.25) is 5.88 Å². The zero-order valence-corrected chi connectivity index (χ0v) is 12.3. The van der Waals surface area contributed by atoms with Gasteiger partial charge in [0.25, 0.3) is 5.91 Å². The van der Waals surface area contributed by atoms with Crippen LogP contribution in [-0.4, -0.2) is 35.0 Å².